The van der Waals surface area contributed by atoms with Crippen molar-refractivity contribution in [3.63, 3.8) is 0 Å². The zero-order valence-corrected chi connectivity index (χ0v) is 94.8. The van der Waals surface area contributed by atoms with E-state index in [2.05, 4.69) is 135 Å². The first-order valence-corrected chi connectivity index (χ1v) is 65.8. The van der Waals surface area contributed by atoms with Gasteiger partial charge in [0.2, 0.25) is 11.8 Å². The van der Waals surface area contributed by atoms with Crippen LogP contribution in [-0.2, 0) is 108 Å². The minimum Gasteiger partial charge on any atom is -0.481 e. The number of aliphatic hydroxyl groups excluding tert-OH is 9. The number of aliphatic carboxylic acids is 1. The third-order valence-electron chi connectivity index (χ3n) is 27.4. The Balaban J connectivity index is 0.000000214. The van der Waals surface area contributed by atoms with E-state index >= 15 is 0 Å². The average molecular weight is 2260 g/mol. The van der Waals surface area contributed by atoms with Gasteiger partial charge in [0.1, 0.15) is 91.4 Å². The van der Waals surface area contributed by atoms with Crippen molar-refractivity contribution in [3.05, 3.63) is 160 Å². The van der Waals surface area contributed by atoms with Crippen molar-refractivity contribution in [1.82, 2.24) is 34.2 Å². The molecule has 0 saturated carbocycles. The molecule has 1 aliphatic carbocycles. The Hall–Kier alpha value is -8.23. The van der Waals surface area contributed by atoms with Crippen LogP contribution in [0.3, 0.4) is 0 Å². The number of rotatable bonds is 37. The molecule has 7 unspecified atom stereocenters. The van der Waals surface area contributed by atoms with E-state index in [1.165, 1.54) is 82.6 Å². The number of carboxylic acid groups (broad SMARTS) is 1. The van der Waals surface area contributed by atoms with Crippen molar-refractivity contribution in [2.24, 2.45) is 48.7 Å². The number of imide groups is 2. The van der Waals surface area contributed by atoms with Crippen molar-refractivity contribution >= 4 is 146 Å². The number of dihydropyridines is 1. The molecular weight excluding hydrogens is 2110 g/mol. The molecule has 0 spiro atoms. The van der Waals surface area contributed by atoms with Crippen LogP contribution in [-0.4, -0.2) is 415 Å². The summed E-state index contributed by atoms with van der Waals surface area (Å²) < 4.78 is 50.0. The zero-order chi connectivity index (χ0) is 112. The number of esters is 1. The number of ketones is 2. The number of likely N-dealkylation sites (N-methyl/N-ethyl adjacent to an activating group) is 1. The summed E-state index contributed by atoms with van der Waals surface area (Å²) in [6.07, 6.45) is 15.5. The molecule has 46 heteroatoms. The molecule has 831 valence electrons. The molecule has 9 aliphatic rings. The van der Waals surface area contributed by atoms with E-state index in [-0.39, 0.29) is 97.0 Å². The number of carbonyl (C=O) groups excluding carboxylic acids is 9. The van der Waals surface area contributed by atoms with Crippen molar-refractivity contribution in [1.29, 1.82) is 0 Å². The van der Waals surface area contributed by atoms with Crippen LogP contribution in [0.25, 0.3) is 11.1 Å². The van der Waals surface area contributed by atoms with Gasteiger partial charge >= 0.3 is 181 Å². The van der Waals surface area contributed by atoms with Crippen LogP contribution in [0.15, 0.2) is 120 Å². The summed E-state index contributed by atoms with van der Waals surface area (Å²) in [7, 11) is 6.14. The molecule has 5 fully saturated rings. The first-order chi connectivity index (χ1) is 69.8. The van der Waals surface area contributed by atoms with E-state index in [9.17, 15) is 113 Å². The molecule has 1 radical (unpaired) electrons. The number of ether oxygens (including phenoxy) is 8. The number of hydrogen-bond acceptors (Lipinski definition) is 32. The topological polar surface area (TPSA) is 583 Å². The van der Waals surface area contributed by atoms with Crippen molar-refractivity contribution in [2.75, 3.05) is 125 Å². The van der Waals surface area contributed by atoms with Crippen LogP contribution >= 0.6 is 34.4 Å². The monoisotopic (exact) mass is 2260 g/mol. The number of carboxylic acids is 1. The summed E-state index contributed by atoms with van der Waals surface area (Å²) in [5, 5.41) is 111. The van der Waals surface area contributed by atoms with Gasteiger partial charge in [0.15, 0.2) is 0 Å². The summed E-state index contributed by atoms with van der Waals surface area (Å²) in [5.41, 5.74) is 2.68. The maximum absolute atomic E-state index is 13.4. The zero-order valence-electron chi connectivity index (χ0n) is 88.6. The Bertz CT molecular complexity index is 6230. The first-order valence-electron chi connectivity index (χ1n) is 49.7. The van der Waals surface area contributed by atoms with Crippen molar-refractivity contribution < 1.29 is 137 Å². The number of benzene rings is 2. The number of aryl methyl sites for hydroxylation is 2. The van der Waals surface area contributed by atoms with Gasteiger partial charge in [0.25, 0.3) is 22.9 Å². The van der Waals surface area contributed by atoms with Crippen molar-refractivity contribution in [3.8, 4) is 11.1 Å². The minimum atomic E-state index is -1.41. The number of Topliss-reactive ketones (excluding diaryl/α,β-unsaturated/α-hetero) is 2. The third-order valence-corrected chi connectivity index (χ3v) is 35.5. The quantitative estimate of drug-likeness (QED) is 0.0101. The van der Waals surface area contributed by atoms with Crippen LogP contribution in [0.2, 0.25) is 0 Å². The molecule has 0 bridgehead atoms. The summed E-state index contributed by atoms with van der Waals surface area (Å²) in [6.45, 7) is 20.2. The fraction of sp³-hybridized carbons (Fsp3) is 0.596. The molecule has 8 aliphatic heterocycles. The molecule has 5 amide bonds. The van der Waals surface area contributed by atoms with Gasteiger partial charge in [0, 0.05) is 76.6 Å². The Morgan fingerprint density at radius 2 is 0.827 bits per heavy atom. The Morgan fingerprint density at radius 3 is 1.20 bits per heavy atom. The Labute approximate surface area is 882 Å². The predicted molar refractivity (Wildman–Crippen MR) is 585 cm³/mol. The number of nitrogens with zero attached hydrogens (tertiary/aromatic N) is 5. The molecule has 13 N–H and O–H groups in total. The molecule has 4 aromatic rings. The van der Waals surface area contributed by atoms with E-state index in [0.29, 0.717) is 48.8 Å². The van der Waals surface area contributed by atoms with Gasteiger partial charge in [-0.1, -0.05) is 74.5 Å². The number of aliphatic hydroxyl groups is 9. The smallest absolute Gasteiger partial charge is 0.481 e. The number of methoxy groups -OCH3 is 1. The second-order valence-corrected chi connectivity index (χ2v) is 66.1. The maximum Gasteiger partial charge on any atom is 0.516 e. The van der Waals surface area contributed by atoms with Gasteiger partial charge < -0.3 is 83.1 Å². The molecule has 40 nitrogen and oxygen atoms in total. The summed E-state index contributed by atoms with van der Waals surface area (Å²) in [5.74, 6) is -8.65. The maximum atomic E-state index is 13.4. The Morgan fingerprint density at radius 1 is 0.480 bits per heavy atom. The third kappa shape index (κ3) is 33.4. The standard InChI is InChI=1S/C34H41N2O9P.C19H31N2O7P.C18H28NO6P.C17H26NO6P.C16H26N2O4PSe/c1-20(32(40)45-34(42)43-19-26-23-12-8-6-10-21(23)22-11-7-9-13-24(22)26)14-16-36-31(39)25(18-35(2)33(36)41)30-29(38)28(37)27(44-30)15-17-46(3,4)5;1-11(18(25)26)6-8-21-17(24)12(10-20(2)19(21)27)16-15(23)14(22)13(28-16)7-9-29(3,4)5;1-10(20)8-11-9-12(18(23)19-17(11)22)15-16(24-2)14(21)13(25-15)6-7-26(3,4)5;1-9(19)7-10-8-11(17(23)18-16(10)22)15-14(21)13(20)12(24-15)5-6-25(2,3)4;1-17-8-9-7-10(16(24)18-15(9)21)14-13(20)12(19)11(22-14)5-6-23(2,3)4/h6-13,18,20,26-30,37-38H,3,14-17,19H2,1-2,4-5H3;10-11,13-16,22-23H,3,6-9H2,1-2,4-5H3,(H,25,26);9,12-16,21H,3,6-8H2,1-2,4-5H3,(H,19,22,23);8,11-15,20-21H,2,5-7H2,1,3-4H3,(H,18,22,23);7,10-14,17,19-20H,2,5-6,8H2,1,3-4H3/t20?,27-,28-,29-,30?;11?,13-,14-,15-,16?;12-,13+,14+,15?,16+;11-,12+,13+,14+,15?;10-,11+,12+,13+,14?/m11000/s1. The largest absolute Gasteiger partial charge is 0.516 e. The molecule has 25 atom stereocenters. The van der Waals surface area contributed by atoms with Crippen LogP contribution in [0.1, 0.15) is 126 Å². The van der Waals surface area contributed by atoms with Crippen LogP contribution < -0.4 is 38.4 Å². The van der Waals surface area contributed by atoms with Crippen LogP contribution in [0.5, 0.6) is 0 Å². The predicted octanol–water partition coefficient (Wildman–Crippen LogP) is 2.85. The second-order valence-electron chi connectivity index (χ2n) is 43.6. The molecular formula is C104H152N8O32P5Se. The van der Waals surface area contributed by atoms with E-state index in [1.54, 1.807) is 13.1 Å². The second kappa shape index (κ2) is 53.5. The number of amides is 5. The molecule has 5 saturated heterocycles. The number of aromatic nitrogens is 4. The number of fused-ring (bicyclic) bond motifs is 3. The molecule has 2 aromatic heterocycles. The van der Waals surface area contributed by atoms with Gasteiger partial charge in [-0.05, 0) is 153 Å². The molecule has 2 aromatic carbocycles. The summed E-state index contributed by atoms with van der Waals surface area (Å²) in [4.78, 5) is 175. The van der Waals surface area contributed by atoms with Gasteiger partial charge in [-0.15, -0.1) is 52.7 Å². The normalized spacial score (nSPS) is 28.2. The van der Waals surface area contributed by atoms with E-state index in [4.69, 9.17) is 43.0 Å². The average Bonchev–Trinajstić information content (AvgIpc) is 1.60. The van der Waals surface area contributed by atoms with Crippen molar-refractivity contribution in [2.45, 2.75) is 227 Å². The molecule has 10 heterocycles. The number of carbonyl (C=O) groups is 10. The fourth-order valence-electron chi connectivity index (χ4n) is 18.8. The number of nitrogens with one attached hydrogen (secondary N) is 3. The summed E-state index contributed by atoms with van der Waals surface area (Å²) >= 11 is 2.79. The minimum absolute atomic E-state index is 0.00790. The Kier molecular flexibility index (Phi) is 44.7. The number of aliphatic imine (C=N–C) groups is 1. The van der Waals surface area contributed by atoms with Crippen LogP contribution in [0.4, 0.5) is 4.79 Å². The molecule has 13 rings (SSSR count). The summed E-state index contributed by atoms with van der Waals surface area (Å²) in [6, 6.07) is 15.7. The van der Waals surface area contributed by atoms with Crippen LogP contribution in [0, 0.1) is 29.6 Å². The first kappa shape index (κ1) is 125. The van der Waals surface area contributed by atoms with Gasteiger partial charge in [0.05, 0.1) is 59.2 Å². The molecule has 150 heavy (non-hydrogen) atoms. The SMILES string of the molecule is C=P(C)(C)CC[C@H]1OC([C@@H]2C=C(CC(C)=O)C(=O)NC2=O)[C@H](O)[C@@H]1O.C=P(C)(C)CC[C@H]1OC([C@@H]2C=C(CC(C)=O)C(=O)NC2=O)[C@H](OC)[C@@H]1O.C=P(C)(C)CC[C@H]1OC([C@@H]2C=C(CNC)C(=O)N=C2[Se])[C@H](O)[C@@H]1O.C=P(C)(C)CC[C@H]1OC(c2cn(C)c(=O)n(CCC(C)C(=O)O)c2=O)[C@H](O)[C@@H]1O.C=P(C)(C)CC[C@H]1OC(c2cn(C)c(=O)n(CCC(C)C(=O)OC(=O)OCC3c4ccccc4-c4ccccc43)c2=O)[C@H](O)[C@@H]1O. The van der Waals surface area contributed by atoms with Gasteiger partial charge in [-0.2, -0.15) is 0 Å². The van der Waals surface area contributed by atoms with E-state index in [0.717, 1.165) is 62.2 Å². The number of hydrogen-bond donors (Lipinski definition) is 13. The fourth-order valence-corrected chi connectivity index (χ4v) is 24.2. The van der Waals surface area contributed by atoms with E-state index in [1.807, 2.05) is 48.5 Å². The van der Waals surface area contributed by atoms with Gasteiger partial charge in [-0.3, -0.25) is 67.7 Å². The van der Waals surface area contributed by atoms with E-state index < -0.39 is 244 Å². The van der Waals surface area contributed by atoms with Gasteiger partial charge in [-0.25, -0.2) is 14.4 Å².